The van der Waals surface area contributed by atoms with E-state index in [1.807, 2.05) is 0 Å². The van der Waals surface area contributed by atoms with Crippen molar-refractivity contribution in [3.63, 3.8) is 0 Å². The Balaban J connectivity index is 2.04. The molecule has 1 unspecified atom stereocenters. The SMILES string of the molecule is CCOc1ccccc1C1CC[Se]c2ccccc21. The van der Waals surface area contributed by atoms with Gasteiger partial charge in [-0.25, -0.2) is 0 Å². The summed E-state index contributed by atoms with van der Waals surface area (Å²) in [7, 11) is 0. The van der Waals surface area contributed by atoms with Crippen molar-refractivity contribution in [2.24, 2.45) is 0 Å². The minimum atomic E-state index is 0.509. The Morgan fingerprint density at radius 2 is 1.79 bits per heavy atom. The Hall–Kier alpha value is -1.24. The van der Waals surface area contributed by atoms with E-state index in [0.29, 0.717) is 20.9 Å². The van der Waals surface area contributed by atoms with Crippen LogP contribution in [0.5, 0.6) is 5.75 Å². The van der Waals surface area contributed by atoms with Crippen LogP contribution in [0.25, 0.3) is 0 Å². The molecular formula is C17H18OSe. The molecule has 1 heterocycles. The van der Waals surface area contributed by atoms with Gasteiger partial charge in [-0.1, -0.05) is 0 Å². The van der Waals surface area contributed by atoms with Crippen LogP contribution in [0.1, 0.15) is 30.4 Å². The Kier molecular flexibility index (Phi) is 3.91. The topological polar surface area (TPSA) is 9.23 Å². The second kappa shape index (κ2) is 5.81. The zero-order chi connectivity index (χ0) is 13.1. The normalized spacial score (nSPS) is 17.8. The van der Waals surface area contributed by atoms with Gasteiger partial charge in [0.25, 0.3) is 0 Å². The summed E-state index contributed by atoms with van der Waals surface area (Å²) in [6, 6.07) is 17.4. The summed E-state index contributed by atoms with van der Waals surface area (Å²) in [5.41, 5.74) is 2.87. The zero-order valence-electron chi connectivity index (χ0n) is 11.1. The van der Waals surface area contributed by atoms with E-state index in [1.165, 1.54) is 22.9 Å². The van der Waals surface area contributed by atoms with Crippen molar-refractivity contribution >= 4 is 19.4 Å². The summed E-state index contributed by atoms with van der Waals surface area (Å²) in [4.78, 5) is 0. The third kappa shape index (κ3) is 2.56. The molecule has 1 atom stereocenters. The van der Waals surface area contributed by atoms with E-state index in [4.69, 9.17) is 4.74 Å². The standard InChI is InChI=1S/C17H18OSe/c1-2-18-16-9-5-3-7-14(16)13-11-12-19-17-10-6-4-8-15(13)17/h3-10,13H,2,11-12H2,1H3. The van der Waals surface area contributed by atoms with E-state index in [0.717, 1.165) is 12.4 Å². The fourth-order valence-electron chi connectivity index (χ4n) is 2.72. The van der Waals surface area contributed by atoms with Crippen molar-refractivity contribution in [2.75, 3.05) is 6.61 Å². The van der Waals surface area contributed by atoms with Gasteiger partial charge in [-0.2, -0.15) is 0 Å². The summed E-state index contributed by atoms with van der Waals surface area (Å²) in [6.07, 6.45) is 1.25. The van der Waals surface area contributed by atoms with Crippen molar-refractivity contribution in [3.8, 4) is 5.75 Å². The van der Waals surface area contributed by atoms with Gasteiger partial charge in [-0.3, -0.25) is 0 Å². The molecule has 0 saturated heterocycles. The first-order chi connectivity index (χ1) is 9.40. The van der Waals surface area contributed by atoms with Crippen LogP contribution < -0.4 is 9.20 Å². The maximum absolute atomic E-state index is 5.81. The molecule has 98 valence electrons. The van der Waals surface area contributed by atoms with Crippen LogP contribution >= 0.6 is 0 Å². The molecule has 0 aliphatic carbocycles. The molecule has 0 amide bonds. The Bertz CT molecular complexity index is 565. The van der Waals surface area contributed by atoms with Crippen LogP contribution in [-0.2, 0) is 0 Å². The third-order valence-corrected chi connectivity index (χ3v) is 5.91. The van der Waals surface area contributed by atoms with E-state index in [9.17, 15) is 0 Å². The second-order valence-corrected chi connectivity index (χ2v) is 7.08. The van der Waals surface area contributed by atoms with Crippen molar-refractivity contribution in [2.45, 2.75) is 24.6 Å². The molecule has 2 aromatic carbocycles. The summed E-state index contributed by atoms with van der Waals surface area (Å²) in [6.45, 7) is 2.78. The quantitative estimate of drug-likeness (QED) is 0.789. The number of benzene rings is 2. The minimum absolute atomic E-state index is 0.509. The molecule has 0 N–H and O–H groups in total. The van der Waals surface area contributed by atoms with Gasteiger partial charge < -0.3 is 0 Å². The van der Waals surface area contributed by atoms with Gasteiger partial charge in [0, 0.05) is 0 Å². The van der Waals surface area contributed by atoms with Crippen LogP contribution in [0.15, 0.2) is 48.5 Å². The van der Waals surface area contributed by atoms with Crippen LogP contribution in [0.2, 0.25) is 5.32 Å². The summed E-state index contributed by atoms with van der Waals surface area (Å²) >= 11 is 0.646. The van der Waals surface area contributed by atoms with Gasteiger partial charge in [-0.05, 0) is 0 Å². The number of hydrogen-bond donors (Lipinski definition) is 0. The van der Waals surface area contributed by atoms with Crippen molar-refractivity contribution in [3.05, 3.63) is 59.7 Å². The Morgan fingerprint density at radius 3 is 2.63 bits per heavy atom. The number of ether oxygens (including phenoxy) is 1. The maximum atomic E-state index is 5.81. The number of rotatable bonds is 3. The van der Waals surface area contributed by atoms with E-state index in [-0.39, 0.29) is 0 Å². The molecule has 3 rings (SSSR count). The number of para-hydroxylation sites is 1. The van der Waals surface area contributed by atoms with Gasteiger partial charge in [-0.15, -0.1) is 0 Å². The van der Waals surface area contributed by atoms with Gasteiger partial charge in [0.15, 0.2) is 0 Å². The van der Waals surface area contributed by atoms with E-state index in [2.05, 4.69) is 55.5 Å². The Labute approximate surface area is 121 Å². The predicted molar refractivity (Wildman–Crippen MR) is 80.7 cm³/mol. The average molecular weight is 317 g/mol. The monoisotopic (exact) mass is 318 g/mol. The molecule has 1 nitrogen and oxygen atoms in total. The van der Waals surface area contributed by atoms with Crippen LogP contribution in [0.3, 0.4) is 0 Å². The average Bonchev–Trinajstić information content (AvgIpc) is 2.48. The first kappa shape index (κ1) is 12.8. The summed E-state index contributed by atoms with van der Waals surface area (Å²) in [5.74, 6) is 1.56. The van der Waals surface area contributed by atoms with Crippen LogP contribution in [-0.4, -0.2) is 21.6 Å². The van der Waals surface area contributed by atoms with E-state index < -0.39 is 0 Å². The molecule has 1 aliphatic heterocycles. The van der Waals surface area contributed by atoms with Crippen molar-refractivity contribution in [1.29, 1.82) is 0 Å². The fraction of sp³-hybridized carbons (Fsp3) is 0.294. The van der Waals surface area contributed by atoms with Crippen LogP contribution in [0, 0.1) is 0 Å². The molecule has 0 saturated carbocycles. The van der Waals surface area contributed by atoms with Crippen molar-refractivity contribution in [1.82, 2.24) is 0 Å². The molecular weight excluding hydrogens is 299 g/mol. The molecule has 19 heavy (non-hydrogen) atoms. The molecule has 2 heteroatoms. The van der Waals surface area contributed by atoms with Gasteiger partial charge >= 0.3 is 121 Å². The van der Waals surface area contributed by atoms with Crippen LogP contribution in [0.4, 0.5) is 0 Å². The van der Waals surface area contributed by atoms with E-state index in [1.54, 1.807) is 4.46 Å². The third-order valence-electron chi connectivity index (χ3n) is 3.55. The molecule has 2 aromatic rings. The first-order valence-corrected chi connectivity index (χ1v) is 8.90. The predicted octanol–water partition coefficient (Wildman–Crippen LogP) is 3.37. The van der Waals surface area contributed by atoms with Gasteiger partial charge in [0.05, 0.1) is 0 Å². The molecule has 0 fully saturated rings. The molecule has 1 aliphatic rings. The van der Waals surface area contributed by atoms with Gasteiger partial charge in [0.1, 0.15) is 0 Å². The zero-order valence-corrected chi connectivity index (χ0v) is 12.8. The Morgan fingerprint density at radius 1 is 1.05 bits per heavy atom. The van der Waals surface area contributed by atoms with E-state index >= 15 is 0 Å². The molecule has 0 spiro atoms. The van der Waals surface area contributed by atoms with Gasteiger partial charge in [0.2, 0.25) is 0 Å². The summed E-state index contributed by atoms with van der Waals surface area (Å²) in [5, 5.41) is 1.33. The molecule has 0 bridgehead atoms. The first-order valence-electron chi connectivity index (χ1n) is 6.83. The van der Waals surface area contributed by atoms with Crippen molar-refractivity contribution < 1.29 is 4.74 Å². The molecule has 0 aromatic heterocycles. The number of hydrogen-bond acceptors (Lipinski definition) is 1. The second-order valence-electron chi connectivity index (χ2n) is 4.70. The summed E-state index contributed by atoms with van der Waals surface area (Å²) < 4.78 is 7.38. The molecule has 0 radical (unpaired) electrons. The fourth-order valence-corrected chi connectivity index (χ4v) is 5.08. The number of fused-ring (bicyclic) bond motifs is 1.